The second-order valence-corrected chi connectivity index (χ2v) is 6.17. The monoisotopic (exact) mass is 347 g/mol. The summed E-state index contributed by atoms with van der Waals surface area (Å²) in [6, 6.07) is 7.00. The Labute approximate surface area is 142 Å². The number of hydrogen-bond acceptors (Lipinski definition) is 6. The van der Waals surface area contributed by atoms with E-state index in [1.807, 2.05) is 11.4 Å². The van der Waals surface area contributed by atoms with E-state index < -0.39 is 5.60 Å². The van der Waals surface area contributed by atoms with E-state index >= 15 is 0 Å². The lowest BCUT2D eigenvalue weighted by Crippen LogP contribution is -2.41. The molecule has 0 saturated heterocycles. The fraction of sp³-hybridized carbons (Fsp3) is 0.250. The molecule has 0 aliphatic carbocycles. The first-order chi connectivity index (χ1) is 11.5. The van der Waals surface area contributed by atoms with Crippen LogP contribution in [0.2, 0.25) is 0 Å². The molecule has 3 aromatic heterocycles. The number of carbonyl (C=O) groups excluding carboxylic acids is 1. The highest BCUT2D eigenvalue weighted by molar-refractivity contribution is 7.10. The minimum absolute atomic E-state index is 0.0437. The van der Waals surface area contributed by atoms with Crippen LogP contribution in [0.4, 0.5) is 0 Å². The van der Waals surface area contributed by atoms with Gasteiger partial charge in [0.25, 0.3) is 5.91 Å². The van der Waals surface area contributed by atoms with E-state index in [4.69, 9.17) is 9.15 Å². The predicted octanol–water partition coefficient (Wildman–Crippen LogP) is 1.75. The maximum absolute atomic E-state index is 12.4. The Morgan fingerprint density at radius 1 is 1.50 bits per heavy atom. The predicted molar refractivity (Wildman–Crippen MR) is 88.1 cm³/mol. The Balaban J connectivity index is 1.83. The molecule has 0 spiro atoms. The summed E-state index contributed by atoms with van der Waals surface area (Å²) in [7, 11) is 3.15. The smallest absolute Gasteiger partial charge is 0.258 e. The van der Waals surface area contributed by atoms with Crippen molar-refractivity contribution in [2.75, 3.05) is 13.7 Å². The highest BCUT2D eigenvalue weighted by atomic mass is 32.1. The van der Waals surface area contributed by atoms with Gasteiger partial charge in [-0.1, -0.05) is 6.07 Å². The van der Waals surface area contributed by atoms with Crippen LogP contribution in [0.1, 0.15) is 21.0 Å². The molecule has 7 nitrogen and oxygen atoms in total. The molecule has 0 aliphatic heterocycles. The first-order valence-corrected chi connectivity index (χ1v) is 8.08. The molecule has 2 N–H and O–H groups in total. The number of methoxy groups -OCH3 is 1. The lowest BCUT2D eigenvalue weighted by Gasteiger charge is -2.25. The van der Waals surface area contributed by atoms with E-state index in [0.717, 1.165) is 0 Å². The first-order valence-electron chi connectivity index (χ1n) is 7.21. The molecule has 0 radical (unpaired) electrons. The molecular weight excluding hydrogens is 330 g/mol. The first kappa shape index (κ1) is 16.3. The average molecular weight is 347 g/mol. The maximum Gasteiger partial charge on any atom is 0.258 e. The Morgan fingerprint density at radius 2 is 2.33 bits per heavy atom. The fourth-order valence-electron chi connectivity index (χ4n) is 2.40. The zero-order chi connectivity index (χ0) is 17.2. The summed E-state index contributed by atoms with van der Waals surface area (Å²) < 4.78 is 12.0. The quantitative estimate of drug-likeness (QED) is 0.709. The van der Waals surface area contributed by atoms with E-state index in [9.17, 15) is 9.90 Å². The highest BCUT2D eigenvalue weighted by Gasteiger charge is 2.36. The number of hydrogen-bond donors (Lipinski definition) is 2. The van der Waals surface area contributed by atoms with Crippen LogP contribution in [0.5, 0.6) is 5.88 Å². The van der Waals surface area contributed by atoms with Gasteiger partial charge < -0.3 is 19.6 Å². The Morgan fingerprint density at radius 3 is 2.96 bits per heavy atom. The van der Waals surface area contributed by atoms with Crippen molar-refractivity contribution >= 4 is 17.2 Å². The van der Waals surface area contributed by atoms with Crippen LogP contribution in [0.3, 0.4) is 0 Å². The van der Waals surface area contributed by atoms with Gasteiger partial charge in [-0.15, -0.1) is 16.4 Å². The second-order valence-electron chi connectivity index (χ2n) is 5.22. The van der Waals surface area contributed by atoms with Crippen LogP contribution in [-0.4, -0.2) is 34.4 Å². The average Bonchev–Trinajstić information content (AvgIpc) is 3.32. The maximum atomic E-state index is 12.4. The van der Waals surface area contributed by atoms with Gasteiger partial charge in [-0.2, -0.15) is 0 Å². The van der Waals surface area contributed by atoms with E-state index in [2.05, 4.69) is 10.4 Å². The molecule has 1 atom stereocenters. The van der Waals surface area contributed by atoms with Gasteiger partial charge in [0.15, 0.2) is 5.60 Å². The molecule has 3 aromatic rings. The van der Waals surface area contributed by atoms with Crippen molar-refractivity contribution in [2.24, 2.45) is 7.05 Å². The third-order valence-electron chi connectivity index (χ3n) is 3.60. The second kappa shape index (κ2) is 6.50. The van der Waals surface area contributed by atoms with Crippen molar-refractivity contribution in [3.8, 4) is 5.88 Å². The van der Waals surface area contributed by atoms with Crippen LogP contribution in [0.25, 0.3) is 0 Å². The van der Waals surface area contributed by atoms with Crippen LogP contribution in [-0.2, 0) is 12.6 Å². The summed E-state index contributed by atoms with van der Waals surface area (Å²) in [5.74, 6) is 0.206. The Kier molecular flexibility index (Phi) is 4.41. The lowest BCUT2D eigenvalue weighted by atomic mass is 9.98. The molecule has 3 rings (SSSR count). The van der Waals surface area contributed by atoms with E-state index in [1.165, 1.54) is 29.4 Å². The number of thiophene rings is 1. The van der Waals surface area contributed by atoms with Crippen LogP contribution in [0, 0.1) is 0 Å². The number of amides is 1. The SMILES string of the molecule is COc1nn(C)cc1C(=O)NC[C@](O)(c1ccco1)c1cccs1. The molecule has 1 amide bonds. The minimum atomic E-state index is -1.44. The normalized spacial score (nSPS) is 13.5. The molecule has 126 valence electrons. The summed E-state index contributed by atoms with van der Waals surface area (Å²) >= 11 is 1.38. The summed E-state index contributed by atoms with van der Waals surface area (Å²) in [6.45, 7) is -0.0437. The molecule has 0 aliphatic rings. The van der Waals surface area contributed by atoms with Crippen molar-refractivity contribution in [3.63, 3.8) is 0 Å². The molecule has 24 heavy (non-hydrogen) atoms. The number of ether oxygens (including phenoxy) is 1. The number of nitrogens with one attached hydrogen (secondary N) is 1. The van der Waals surface area contributed by atoms with E-state index in [-0.39, 0.29) is 18.3 Å². The van der Waals surface area contributed by atoms with Gasteiger partial charge in [-0.25, -0.2) is 0 Å². The van der Waals surface area contributed by atoms with Gasteiger partial charge in [0.05, 0.1) is 19.9 Å². The van der Waals surface area contributed by atoms with E-state index in [1.54, 1.807) is 31.4 Å². The third kappa shape index (κ3) is 2.93. The number of nitrogens with zero attached hydrogens (tertiary/aromatic N) is 2. The molecule has 0 saturated carbocycles. The summed E-state index contributed by atoms with van der Waals surface area (Å²) in [5.41, 5.74) is -1.14. The van der Waals surface area contributed by atoms with Crippen molar-refractivity contribution < 1.29 is 19.1 Å². The topological polar surface area (TPSA) is 89.5 Å². The summed E-state index contributed by atoms with van der Waals surface area (Å²) in [4.78, 5) is 13.1. The van der Waals surface area contributed by atoms with Crippen molar-refractivity contribution in [2.45, 2.75) is 5.60 Å². The molecule has 8 heteroatoms. The molecule has 0 fully saturated rings. The number of furan rings is 1. The zero-order valence-electron chi connectivity index (χ0n) is 13.2. The zero-order valence-corrected chi connectivity index (χ0v) is 14.0. The van der Waals surface area contributed by atoms with Crippen LogP contribution >= 0.6 is 11.3 Å². The molecular formula is C16H17N3O4S. The highest BCUT2D eigenvalue weighted by Crippen LogP contribution is 2.32. The standard InChI is InChI=1S/C16H17N3O4S/c1-19-9-11(15(18-19)22-2)14(20)17-10-16(21,12-5-3-7-23-12)13-6-4-8-24-13/h3-9,21H,10H2,1-2H3,(H,17,20)/t16-/m0/s1. The van der Waals surface area contributed by atoms with Gasteiger partial charge in [-0.05, 0) is 23.6 Å². The molecule has 0 bridgehead atoms. The molecule has 0 unspecified atom stereocenters. The molecule has 0 aromatic carbocycles. The van der Waals surface area contributed by atoms with Gasteiger partial charge >= 0.3 is 0 Å². The number of aliphatic hydroxyl groups is 1. The summed E-state index contributed by atoms with van der Waals surface area (Å²) in [5, 5.41) is 19.7. The lowest BCUT2D eigenvalue weighted by molar-refractivity contribution is 0.0553. The summed E-state index contributed by atoms with van der Waals surface area (Å²) in [6.07, 6.45) is 3.05. The number of aryl methyl sites for hydroxylation is 1. The number of rotatable bonds is 6. The van der Waals surface area contributed by atoms with Crippen LogP contribution < -0.4 is 10.1 Å². The van der Waals surface area contributed by atoms with Gasteiger partial charge in [0.1, 0.15) is 11.3 Å². The third-order valence-corrected chi connectivity index (χ3v) is 4.62. The fourth-order valence-corrected chi connectivity index (χ4v) is 3.23. The largest absolute Gasteiger partial charge is 0.479 e. The molecule has 3 heterocycles. The van der Waals surface area contributed by atoms with E-state index in [0.29, 0.717) is 16.2 Å². The Hall–Kier alpha value is -2.58. The van der Waals surface area contributed by atoms with Crippen molar-refractivity contribution in [1.29, 1.82) is 0 Å². The van der Waals surface area contributed by atoms with Gasteiger partial charge in [0, 0.05) is 18.1 Å². The van der Waals surface area contributed by atoms with Gasteiger partial charge in [0.2, 0.25) is 5.88 Å². The van der Waals surface area contributed by atoms with Crippen molar-refractivity contribution in [1.82, 2.24) is 15.1 Å². The van der Waals surface area contributed by atoms with Crippen molar-refractivity contribution in [3.05, 3.63) is 58.3 Å². The minimum Gasteiger partial charge on any atom is -0.479 e. The Bertz CT molecular complexity index is 774. The number of carbonyl (C=O) groups is 1. The van der Waals surface area contributed by atoms with Crippen LogP contribution in [0.15, 0.2) is 46.5 Å². The number of aromatic nitrogens is 2. The van der Waals surface area contributed by atoms with Gasteiger partial charge in [-0.3, -0.25) is 9.48 Å².